The minimum absolute atomic E-state index is 0.172. The van der Waals surface area contributed by atoms with Gasteiger partial charge in [0, 0.05) is 19.3 Å². The van der Waals surface area contributed by atoms with Crippen molar-refractivity contribution in [2.24, 2.45) is 0 Å². The van der Waals surface area contributed by atoms with Crippen molar-refractivity contribution in [1.29, 1.82) is 0 Å². The van der Waals surface area contributed by atoms with E-state index in [1.54, 1.807) is 38.2 Å². The molecule has 0 heterocycles. The van der Waals surface area contributed by atoms with E-state index in [0.717, 1.165) is 0 Å². The summed E-state index contributed by atoms with van der Waals surface area (Å²) in [6, 6.07) is 6.90. The number of nitrogens with zero attached hydrogens (tertiary/aromatic N) is 1. The van der Waals surface area contributed by atoms with Gasteiger partial charge in [0.2, 0.25) is 0 Å². The monoisotopic (exact) mass is 208 g/mol. The molecule has 0 aromatic heterocycles. The highest BCUT2D eigenvalue weighted by molar-refractivity contribution is 5.98. The average Bonchev–Trinajstić information content (AvgIpc) is 2.16. The molecule has 0 bridgehead atoms. The SMILES string of the molecule is CC(O)CN(C)C(=O)c1ccccc1N. The molecule has 1 atom stereocenters. The Hall–Kier alpha value is -1.55. The van der Waals surface area contributed by atoms with Gasteiger partial charge in [0.1, 0.15) is 0 Å². The molecule has 1 rings (SSSR count). The van der Waals surface area contributed by atoms with Crippen LogP contribution in [0.4, 0.5) is 5.69 Å². The molecule has 82 valence electrons. The molecule has 0 aliphatic carbocycles. The maximum absolute atomic E-state index is 11.8. The van der Waals surface area contributed by atoms with Gasteiger partial charge in [-0.15, -0.1) is 0 Å². The predicted molar refractivity (Wildman–Crippen MR) is 59.5 cm³/mol. The van der Waals surface area contributed by atoms with Crippen molar-refractivity contribution in [3.8, 4) is 0 Å². The second-order valence-corrected chi connectivity index (χ2v) is 3.62. The molecule has 15 heavy (non-hydrogen) atoms. The van der Waals surface area contributed by atoms with Crippen molar-refractivity contribution in [2.75, 3.05) is 19.3 Å². The van der Waals surface area contributed by atoms with Crippen molar-refractivity contribution in [2.45, 2.75) is 13.0 Å². The summed E-state index contributed by atoms with van der Waals surface area (Å²) >= 11 is 0. The number of hydrogen-bond acceptors (Lipinski definition) is 3. The van der Waals surface area contributed by atoms with Gasteiger partial charge in [-0.05, 0) is 19.1 Å². The maximum Gasteiger partial charge on any atom is 0.255 e. The fourth-order valence-corrected chi connectivity index (χ4v) is 1.38. The van der Waals surface area contributed by atoms with E-state index in [9.17, 15) is 4.79 Å². The van der Waals surface area contributed by atoms with Gasteiger partial charge in [0.05, 0.1) is 11.7 Å². The lowest BCUT2D eigenvalue weighted by Gasteiger charge is -2.19. The Morgan fingerprint density at radius 2 is 2.13 bits per heavy atom. The molecule has 1 aromatic rings. The largest absolute Gasteiger partial charge is 0.398 e. The number of anilines is 1. The van der Waals surface area contributed by atoms with E-state index >= 15 is 0 Å². The van der Waals surface area contributed by atoms with Crippen LogP contribution in [-0.4, -0.2) is 35.6 Å². The quantitative estimate of drug-likeness (QED) is 0.719. The second-order valence-electron chi connectivity index (χ2n) is 3.62. The first-order chi connectivity index (χ1) is 7.02. The molecular weight excluding hydrogens is 192 g/mol. The van der Waals surface area contributed by atoms with E-state index < -0.39 is 6.10 Å². The van der Waals surface area contributed by atoms with Crippen LogP contribution < -0.4 is 5.73 Å². The van der Waals surface area contributed by atoms with Gasteiger partial charge in [0.25, 0.3) is 5.91 Å². The second kappa shape index (κ2) is 4.79. The first-order valence-electron chi connectivity index (χ1n) is 4.80. The van der Waals surface area contributed by atoms with E-state index in [4.69, 9.17) is 10.8 Å². The molecule has 0 fully saturated rings. The Bertz CT molecular complexity index is 350. The highest BCUT2D eigenvalue weighted by Crippen LogP contribution is 2.12. The zero-order valence-corrected chi connectivity index (χ0v) is 8.97. The third kappa shape index (κ3) is 2.95. The summed E-state index contributed by atoms with van der Waals surface area (Å²) in [4.78, 5) is 13.3. The molecule has 0 saturated carbocycles. The Balaban J connectivity index is 2.81. The fraction of sp³-hybridized carbons (Fsp3) is 0.364. The number of carbonyl (C=O) groups excluding carboxylic acids is 1. The molecule has 4 nitrogen and oxygen atoms in total. The number of hydrogen-bond donors (Lipinski definition) is 2. The molecule has 4 heteroatoms. The molecule has 0 spiro atoms. The number of para-hydroxylation sites is 1. The number of nitrogen functional groups attached to an aromatic ring is 1. The van der Waals surface area contributed by atoms with Crippen molar-refractivity contribution >= 4 is 11.6 Å². The molecule has 0 saturated heterocycles. The van der Waals surface area contributed by atoms with Crippen molar-refractivity contribution in [1.82, 2.24) is 4.90 Å². The Labute approximate surface area is 89.3 Å². The summed E-state index contributed by atoms with van der Waals surface area (Å²) in [6.45, 7) is 1.94. The minimum atomic E-state index is -0.538. The summed E-state index contributed by atoms with van der Waals surface area (Å²) in [5.41, 5.74) is 6.61. The third-order valence-corrected chi connectivity index (χ3v) is 2.08. The van der Waals surface area contributed by atoms with Crippen LogP contribution in [0.2, 0.25) is 0 Å². The number of likely N-dealkylation sites (N-methyl/N-ethyl adjacent to an activating group) is 1. The molecule has 0 radical (unpaired) electrons. The van der Waals surface area contributed by atoms with Gasteiger partial charge in [-0.25, -0.2) is 0 Å². The predicted octanol–water partition coefficient (Wildman–Crippen LogP) is 0.722. The number of aliphatic hydroxyl groups is 1. The van der Waals surface area contributed by atoms with E-state index in [-0.39, 0.29) is 5.91 Å². The fourth-order valence-electron chi connectivity index (χ4n) is 1.38. The molecule has 0 aliphatic heterocycles. The minimum Gasteiger partial charge on any atom is -0.398 e. The van der Waals surface area contributed by atoms with Crippen LogP contribution in [0.25, 0.3) is 0 Å². The van der Waals surface area contributed by atoms with Gasteiger partial charge >= 0.3 is 0 Å². The van der Waals surface area contributed by atoms with Crippen molar-refractivity contribution in [3.05, 3.63) is 29.8 Å². The first-order valence-corrected chi connectivity index (χ1v) is 4.80. The Morgan fingerprint density at radius 1 is 1.53 bits per heavy atom. The smallest absolute Gasteiger partial charge is 0.255 e. The molecule has 3 N–H and O–H groups in total. The van der Waals surface area contributed by atoms with Crippen LogP contribution in [0.3, 0.4) is 0 Å². The number of benzene rings is 1. The highest BCUT2D eigenvalue weighted by atomic mass is 16.3. The summed E-state index contributed by atoms with van der Waals surface area (Å²) < 4.78 is 0. The number of rotatable bonds is 3. The zero-order chi connectivity index (χ0) is 11.4. The van der Waals surface area contributed by atoms with E-state index in [0.29, 0.717) is 17.8 Å². The summed E-state index contributed by atoms with van der Waals surface area (Å²) in [7, 11) is 1.64. The van der Waals surface area contributed by atoms with Crippen LogP contribution in [0.15, 0.2) is 24.3 Å². The average molecular weight is 208 g/mol. The number of amides is 1. The Morgan fingerprint density at radius 3 is 2.67 bits per heavy atom. The van der Waals surface area contributed by atoms with E-state index in [1.165, 1.54) is 4.90 Å². The lowest BCUT2D eigenvalue weighted by molar-refractivity contribution is 0.0704. The molecule has 1 amide bonds. The van der Waals surface area contributed by atoms with Crippen molar-refractivity contribution < 1.29 is 9.90 Å². The van der Waals surface area contributed by atoms with Gasteiger partial charge < -0.3 is 15.7 Å². The zero-order valence-electron chi connectivity index (χ0n) is 8.97. The molecular formula is C11H16N2O2. The van der Waals surface area contributed by atoms with Crippen LogP contribution in [0, 0.1) is 0 Å². The van der Waals surface area contributed by atoms with Crippen LogP contribution in [-0.2, 0) is 0 Å². The number of nitrogens with two attached hydrogens (primary N) is 1. The summed E-state index contributed by atoms with van der Waals surface area (Å²) in [5, 5.41) is 9.16. The van der Waals surface area contributed by atoms with E-state index in [2.05, 4.69) is 0 Å². The molecule has 1 unspecified atom stereocenters. The van der Waals surface area contributed by atoms with Crippen LogP contribution in [0.1, 0.15) is 17.3 Å². The van der Waals surface area contributed by atoms with Gasteiger partial charge in [-0.3, -0.25) is 4.79 Å². The highest BCUT2D eigenvalue weighted by Gasteiger charge is 2.14. The molecule has 0 aliphatic rings. The van der Waals surface area contributed by atoms with Gasteiger partial charge in [0.15, 0.2) is 0 Å². The van der Waals surface area contributed by atoms with Crippen molar-refractivity contribution in [3.63, 3.8) is 0 Å². The number of carbonyl (C=O) groups is 1. The standard InChI is InChI=1S/C11H16N2O2/c1-8(14)7-13(2)11(15)9-5-3-4-6-10(9)12/h3-6,8,14H,7,12H2,1-2H3. The lowest BCUT2D eigenvalue weighted by atomic mass is 10.1. The lowest BCUT2D eigenvalue weighted by Crippen LogP contribution is -2.33. The van der Waals surface area contributed by atoms with Crippen LogP contribution >= 0.6 is 0 Å². The first kappa shape index (κ1) is 11.5. The summed E-state index contributed by atoms with van der Waals surface area (Å²) in [6.07, 6.45) is -0.538. The maximum atomic E-state index is 11.8. The van der Waals surface area contributed by atoms with Crippen LogP contribution in [0.5, 0.6) is 0 Å². The number of aliphatic hydroxyl groups excluding tert-OH is 1. The summed E-state index contributed by atoms with van der Waals surface area (Å²) in [5.74, 6) is -0.172. The normalized spacial score (nSPS) is 12.2. The molecule has 1 aromatic carbocycles. The van der Waals surface area contributed by atoms with E-state index in [1.807, 2.05) is 0 Å². The topological polar surface area (TPSA) is 66.6 Å². The third-order valence-electron chi connectivity index (χ3n) is 2.08. The Kier molecular flexibility index (Phi) is 3.68. The van der Waals surface area contributed by atoms with Gasteiger partial charge in [-0.2, -0.15) is 0 Å². The van der Waals surface area contributed by atoms with Gasteiger partial charge in [-0.1, -0.05) is 12.1 Å².